The quantitative estimate of drug-likeness (QED) is 0.703. The minimum absolute atomic E-state index is 0.0351. The van der Waals surface area contributed by atoms with Crippen molar-refractivity contribution in [2.75, 3.05) is 27.2 Å². The number of sulfonamides is 1. The molecule has 1 heterocycles. The Bertz CT molecular complexity index is 1110. The zero-order valence-corrected chi connectivity index (χ0v) is 18.5. The summed E-state index contributed by atoms with van der Waals surface area (Å²) in [6, 6.07) is 10.3. The van der Waals surface area contributed by atoms with E-state index in [2.05, 4.69) is 10.6 Å². The third kappa shape index (κ3) is 4.93. The van der Waals surface area contributed by atoms with Crippen molar-refractivity contribution >= 4 is 38.9 Å². The summed E-state index contributed by atoms with van der Waals surface area (Å²) in [5.41, 5.74) is 1.24. The van der Waals surface area contributed by atoms with Crippen LogP contribution in [0, 0.1) is 11.7 Å². The highest BCUT2D eigenvalue weighted by Crippen LogP contribution is 2.27. The molecule has 2 aromatic carbocycles. The predicted molar refractivity (Wildman–Crippen MR) is 122 cm³/mol. The van der Waals surface area contributed by atoms with Gasteiger partial charge < -0.3 is 10.6 Å². The lowest BCUT2D eigenvalue weighted by molar-refractivity contribution is -0.120. The van der Waals surface area contributed by atoms with Crippen molar-refractivity contribution < 1.29 is 22.4 Å². The molecule has 2 aromatic rings. The van der Waals surface area contributed by atoms with Crippen molar-refractivity contribution in [1.29, 1.82) is 0 Å². The number of hydrogen-bond acceptors (Lipinski definition) is 4. The van der Waals surface area contributed by atoms with E-state index in [0.29, 0.717) is 29.9 Å². The number of carbonyl (C=O) groups excluding carboxylic acids is 2. The minimum Gasteiger partial charge on any atom is -0.323 e. The highest BCUT2D eigenvalue weighted by atomic mass is 32.2. The van der Waals surface area contributed by atoms with Crippen LogP contribution < -0.4 is 14.9 Å². The number of rotatable bonds is 5. The lowest BCUT2D eigenvalue weighted by atomic mass is 9.88. The van der Waals surface area contributed by atoms with Crippen molar-refractivity contribution in [3.8, 4) is 0 Å². The maximum atomic E-state index is 14.2. The summed E-state index contributed by atoms with van der Waals surface area (Å²) in [6.45, 7) is 0.429. The standard InChI is InChI=1S/C23H26FN3O4S/c24-20-12-9-18(15-21(20)26-23(29)16-5-2-1-3-6-16)25-22(28)17-7-10-19(11-8-17)27-13-4-14-32(27,30)31/h7-12,15-16H,1-6,13-14H2,(H,25,28)(H,26,29). The molecule has 9 heteroatoms. The van der Waals surface area contributed by atoms with E-state index in [1.54, 1.807) is 24.3 Å². The van der Waals surface area contributed by atoms with Crippen LogP contribution in [0.15, 0.2) is 42.5 Å². The van der Waals surface area contributed by atoms with Crippen LogP contribution >= 0.6 is 0 Å². The second kappa shape index (κ2) is 9.28. The molecule has 0 bridgehead atoms. The van der Waals surface area contributed by atoms with Gasteiger partial charge in [0.05, 0.1) is 17.1 Å². The van der Waals surface area contributed by atoms with E-state index in [1.165, 1.54) is 22.5 Å². The average molecular weight is 460 g/mol. The maximum Gasteiger partial charge on any atom is 0.255 e. The van der Waals surface area contributed by atoms with E-state index < -0.39 is 21.7 Å². The van der Waals surface area contributed by atoms with Gasteiger partial charge in [0, 0.05) is 23.7 Å². The van der Waals surface area contributed by atoms with Crippen LogP contribution in [0.25, 0.3) is 0 Å². The Morgan fingerprint density at radius 1 is 0.938 bits per heavy atom. The predicted octanol–water partition coefficient (Wildman–Crippen LogP) is 4.14. The second-order valence-corrected chi connectivity index (χ2v) is 10.3. The maximum absolute atomic E-state index is 14.2. The molecular weight excluding hydrogens is 433 g/mol. The van der Waals surface area contributed by atoms with Crippen molar-refractivity contribution in [2.24, 2.45) is 5.92 Å². The zero-order chi connectivity index (χ0) is 22.7. The summed E-state index contributed by atoms with van der Waals surface area (Å²) in [4.78, 5) is 25.1. The van der Waals surface area contributed by atoms with Gasteiger partial charge in [-0.2, -0.15) is 0 Å². The lowest BCUT2D eigenvalue weighted by Crippen LogP contribution is -2.25. The average Bonchev–Trinajstić information content (AvgIpc) is 3.15. The van der Waals surface area contributed by atoms with Crippen LogP contribution in [0.1, 0.15) is 48.9 Å². The number of benzene rings is 2. The molecule has 2 N–H and O–H groups in total. The summed E-state index contributed by atoms with van der Waals surface area (Å²) >= 11 is 0. The van der Waals surface area contributed by atoms with Crippen LogP contribution in [-0.4, -0.2) is 32.5 Å². The van der Waals surface area contributed by atoms with E-state index in [-0.39, 0.29) is 23.3 Å². The second-order valence-electron chi connectivity index (χ2n) is 8.26. The molecule has 4 rings (SSSR count). The highest BCUT2D eigenvalue weighted by molar-refractivity contribution is 7.93. The van der Waals surface area contributed by atoms with Crippen LogP contribution in [0.2, 0.25) is 0 Å². The first kappa shape index (κ1) is 22.3. The van der Waals surface area contributed by atoms with Gasteiger partial charge in [-0.15, -0.1) is 0 Å². The summed E-state index contributed by atoms with van der Waals surface area (Å²) in [7, 11) is -3.29. The van der Waals surface area contributed by atoms with E-state index in [4.69, 9.17) is 0 Å². The third-order valence-electron chi connectivity index (χ3n) is 5.97. The van der Waals surface area contributed by atoms with Gasteiger partial charge in [0.25, 0.3) is 5.91 Å². The van der Waals surface area contributed by atoms with Gasteiger partial charge in [0.15, 0.2) is 0 Å². The van der Waals surface area contributed by atoms with Crippen LogP contribution in [0.5, 0.6) is 0 Å². The van der Waals surface area contributed by atoms with Crippen molar-refractivity contribution in [2.45, 2.75) is 38.5 Å². The molecule has 0 radical (unpaired) electrons. The summed E-state index contributed by atoms with van der Waals surface area (Å²) in [6.07, 6.45) is 5.30. The van der Waals surface area contributed by atoms with Crippen LogP contribution in [0.4, 0.5) is 21.5 Å². The van der Waals surface area contributed by atoms with Gasteiger partial charge in [0.2, 0.25) is 15.9 Å². The van der Waals surface area contributed by atoms with Crippen molar-refractivity contribution in [1.82, 2.24) is 0 Å². The van der Waals surface area contributed by atoms with Gasteiger partial charge >= 0.3 is 0 Å². The molecule has 170 valence electrons. The Labute approximate surface area is 187 Å². The van der Waals surface area contributed by atoms with Gasteiger partial charge in [-0.05, 0) is 61.7 Å². The Hall–Kier alpha value is -2.94. The van der Waals surface area contributed by atoms with Crippen LogP contribution in [-0.2, 0) is 14.8 Å². The molecule has 0 atom stereocenters. The third-order valence-corrected chi connectivity index (χ3v) is 7.84. The molecule has 0 unspecified atom stereocenters. The Kier molecular flexibility index (Phi) is 6.45. The van der Waals surface area contributed by atoms with Gasteiger partial charge in [-0.3, -0.25) is 13.9 Å². The Morgan fingerprint density at radius 3 is 2.31 bits per heavy atom. The van der Waals surface area contributed by atoms with Crippen LogP contribution in [0.3, 0.4) is 0 Å². The molecule has 1 saturated heterocycles. The number of nitrogens with one attached hydrogen (secondary N) is 2. The largest absolute Gasteiger partial charge is 0.323 e. The molecular formula is C23H26FN3O4S. The van der Waals surface area contributed by atoms with Crippen molar-refractivity contribution in [3.63, 3.8) is 0 Å². The first-order chi connectivity index (χ1) is 15.3. The van der Waals surface area contributed by atoms with Gasteiger partial charge in [0.1, 0.15) is 5.82 Å². The minimum atomic E-state index is -3.29. The fourth-order valence-electron chi connectivity index (χ4n) is 4.21. The number of halogens is 1. The first-order valence-electron chi connectivity index (χ1n) is 10.9. The number of hydrogen-bond donors (Lipinski definition) is 2. The lowest BCUT2D eigenvalue weighted by Gasteiger charge is -2.21. The number of amides is 2. The van der Waals surface area contributed by atoms with Crippen molar-refractivity contribution in [3.05, 3.63) is 53.8 Å². The number of anilines is 3. The van der Waals surface area contributed by atoms with E-state index in [0.717, 1.165) is 32.1 Å². The molecule has 0 spiro atoms. The molecule has 0 aromatic heterocycles. The van der Waals surface area contributed by atoms with E-state index in [1.807, 2.05) is 0 Å². The summed E-state index contributed by atoms with van der Waals surface area (Å²) < 4.78 is 39.7. The molecule has 1 aliphatic carbocycles. The zero-order valence-electron chi connectivity index (χ0n) is 17.6. The first-order valence-corrected chi connectivity index (χ1v) is 12.5. The molecule has 2 fully saturated rings. The molecule has 2 amide bonds. The van der Waals surface area contributed by atoms with E-state index >= 15 is 0 Å². The fraction of sp³-hybridized carbons (Fsp3) is 0.391. The summed E-state index contributed by atoms with van der Waals surface area (Å²) in [5, 5.41) is 5.35. The monoisotopic (exact) mass is 459 g/mol. The fourth-order valence-corrected chi connectivity index (χ4v) is 5.77. The molecule has 7 nitrogen and oxygen atoms in total. The molecule has 1 saturated carbocycles. The van der Waals surface area contributed by atoms with Gasteiger partial charge in [-0.1, -0.05) is 19.3 Å². The smallest absolute Gasteiger partial charge is 0.255 e. The molecule has 2 aliphatic rings. The number of nitrogens with zero attached hydrogens (tertiary/aromatic N) is 1. The van der Waals surface area contributed by atoms with E-state index in [9.17, 15) is 22.4 Å². The summed E-state index contributed by atoms with van der Waals surface area (Å²) in [5.74, 6) is -1.17. The highest BCUT2D eigenvalue weighted by Gasteiger charge is 2.28. The Balaban J connectivity index is 1.43. The topological polar surface area (TPSA) is 95.6 Å². The van der Waals surface area contributed by atoms with Gasteiger partial charge in [-0.25, -0.2) is 12.8 Å². The normalized spacial score (nSPS) is 18.3. The Morgan fingerprint density at radius 2 is 1.66 bits per heavy atom. The molecule has 32 heavy (non-hydrogen) atoms. The number of carbonyl (C=O) groups is 2. The molecule has 1 aliphatic heterocycles. The SMILES string of the molecule is O=C(Nc1ccc(F)c(NC(=O)C2CCCCC2)c1)c1ccc(N2CCCS2(=O)=O)cc1.